The standard InChI is InChI=1S/C34H40O2S/c1-31(2)12-14-33(5,6)22-18-28-26(16-20(22)31)35-24-10-9-11-25-30(24)37(28)29-19-23-21(17-27(29)36-25)32(3,4)13-15-34(23,7)8/h9-11,16-19,37H,12-15H2,1-8H3. The monoisotopic (exact) mass is 512 g/mol. The van der Waals surface area contributed by atoms with Crippen LogP contribution in [0, 0.1) is 0 Å². The number of hydrogen-bond donors (Lipinski definition) is 1. The molecule has 0 unspecified atom stereocenters. The van der Waals surface area contributed by atoms with Crippen LogP contribution >= 0.6 is 10.9 Å². The van der Waals surface area contributed by atoms with E-state index in [4.69, 9.17) is 9.47 Å². The molecule has 2 aliphatic heterocycles. The molecule has 0 fully saturated rings. The van der Waals surface area contributed by atoms with E-state index in [1.54, 1.807) is 0 Å². The molecule has 0 spiro atoms. The molecule has 3 aromatic rings. The van der Waals surface area contributed by atoms with Crippen molar-refractivity contribution in [1.29, 1.82) is 0 Å². The van der Waals surface area contributed by atoms with Crippen molar-refractivity contribution in [3.63, 3.8) is 0 Å². The fraction of sp³-hybridized carbons (Fsp3) is 0.471. The molecule has 0 N–H and O–H groups in total. The predicted molar refractivity (Wildman–Crippen MR) is 154 cm³/mol. The lowest BCUT2D eigenvalue weighted by atomic mass is 9.63. The Bertz CT molecular complexity index is 1380. The van der Waals surface area contributed by atoms with Crippen LogP contribution in [0.3, 0.4) is 0 Å². The van der Waals surface area contributed by atoms with Crippen molar-refractivity contribution in [2.75, 3.05) is 0 Å². The minimum atomic E-state index is -0.776. The third-order valence-corrected chi connectivity index (χ3v) is 12.5. The summed E-state index contributed by atoms with van der Waals surface area (Å²) in [6.45, 7) is 19.3. The van der Waals surface area contributed by atoms with Crippen molar-refractivity contribution in [3.05, 3.63) is 64.7 Å². The SMILES string of the molecule is CC1(C)CCC(C)(C)c2cc3c(cc21)Oc1cccc2c1[SH]3c1cc3c(cc1O2)C(C)(C)CCC3(C)C. The molecule has 0 saturated heterocycles. The summed E-state index contributed by atoms with van der Waals surface area (Å²) in [6.07, 6.45) is 4.83. The zero-order chi connectivity index (χ0) is 26.1. The Morgan fingerprint density at radius 2 is 0.865 bits per heavy atom. The fourth-order valence-corrected chi connectivity index (χ4v) is 9.77. The van der Waals surface area contributed by atoms with Crippen LogP contribution in [-0.4, -0.2) is 0 Å². The highest BCUT2D eigenvalue weighted by Gasteiger charge is 2.43. The lowest BCUT2D eigenvalue weighted by molar-refractivity contribution is 0.326. The summed E-state index contributed by atoms with van der Waals surface area (Å²) < 4.78 is 13.4. The van der Waals surface area contributed by atoms with E-state index in [9.17, 15) is 0 Å². The van der Waals surface area contributed by atoms with Crippen LogP contribution in [0.1, 0.15) is 103 Å². The van der Waals surface area contributed by atoms with Crippen molar-refractivity contribution >= 4 is 10.9 Å². The van der Waals surface area contributed by atoms with Gasteiger partial charge in [0.2, 0.25) is 0 Å². The molecule has 0 atom stereocenters. The molecule has 0 radical (unpaired) electrons. The van der Waals surface area contributed by atoms with Crippen molar-refractivity contribution in [2.24, 2.45) is 0 Å². The second-order valence-corrected chi connectivity index (χ2v) is 16.5. The van der Waals surface area contributed by atoms with Gasteiger partial charge in [0, 0.05) is 9.79 Å². The Hall–Kier alpha value is -2.39. The molecule has 0 amide bonds. The second-order valence-electron chi connectivity index (χ2n) is 14.4. The molecule has 7 rings (SSSR count). The van der Waals surface area contributed by atoms with E-state index < -0.39 is 10.9 Å². The minimum Gasteiger partial charge on any atom is -0.455 e. The minimum absolute atomic E-state index is 0.154. The summed E-state index contributed by atoms with van der Waals surface area (Å²) in [5, 5.41) is 0. The van der Waals surface area contributed by atoms with E-state index in [0.717, 1.165) is 23.0 Å². The largest absolute Gasteiger partial charge is 0.455 e. The maximum atomic E-state index is 6.69. The molecule has 194 valence electrons. The topological polar surface area (TPSA) is 18.5 Å². The maximum absolute atomic E-state index is 6.69. The van der Waals surface area contributed by atoms with Crippen LogP contribution in [0.4, 0.5) is 0 Å². The third kappa shape index (κ3) is 3.25. The lowest BCUT2D eigenvalue weighted by Gasteiger charge is -2.46. The molecule has 2 nitrogen and oxygen atoms in total. The molecule has 3 heteroatoms. The predicted octanol–water partition coefficient (Wildman–Crippen LogP) is 10.1. The highest BCUT2D eigenvalue weighted by atomic mass is 32.2. The van der Waals surface area contributed by atoms with Gasteiger partial charge in [-0.1, -0.05) is 61.5 Å². The summed E-state index contributed by atoms with van der Waals surface area (Å²) in [4.78, 5) is 3.96. The van der Waals surface area contributed by atoms with Crippen molar-refractivity contribution in [2.45, 2.75) is 117 Å². The summed E-state index contributed by atoms with van der Waals surface area (Å²) in [6, 6.07) is 16.2. The van der Waals surface area contributed by atoms with E-state index in [2.05, 4.69) is 97.9 Å². The van der Waals surface area contributed by atoms with Gasteiger partial charge in [0.15, 0.2) is 0 Å². The summed E-state index contributed by atoms with van der Waals surface area (Å²) in [7, 11) is -0.776. The highest BCUT2D eigenvalue weighted by Crippen LogP contribution is 2.70. The van der Waals surface area contributed by atoms with Gasteiger partial charge in [-0.05, 0) is 106 Å². The maximum Gasteiger partial charge on any atom is 0.143 e. The first-order valence-corrected chi connectivity index (χ1v) is 15.3. The van der Waals surface area contributed by atoms with Crippen LogP contribution in [0.2, 0.25) is 0 Å². The number of ether oxygens (including phenoxy) is 2. The van der Waals surface area contributed by atoms with Gasteiger partial charge in [0.25, 0.3) is 0 Å². The first-order chi connectivity index (χ1) is 17.3. The molecule has 0 bridgehead atoms. The molecule has 0 saturated carbocycles. The van der Waals surface area contributed by atoms with Gasteiger partial charge in [-0.15, -0.1) is 0 Å². The van der Waals surface area contributed by atoms with Gasteiger partial charge in [0.05, 0.1) is 4.90 Å². The molecular formula is C34H40O2S. The number of fused-ring (bicyclic) bond motifs is 6. The Labute approximate surface area is 225 Å². The Morgan fingerprint density at radius 1 is 0.514 bits per heavy atom. The summed E-state index contributed by atoms with van der Waals surface area (Å²) in [5.74, 6) is 4.02. The molecule has 2 heterocycles. The van der Waals surface area contributed by atoms with E-state index in [1.807, 2.05) is 0 Å². The molecule has 4 aliphatic rings. The lowest BCUT2D eigenvalue weighted by Crippen LogP contribution is -2.34. The fourth-order valence-electron chi connectivity index (χ4n) is 7.17. The van der Waals surface area contributed by atoms with Crippen molar-refractivity contribution in [3.8, 4) is 23.0 Å². The molecule has 2 aliphatic carbocycles. The Balaban J connectivity index is 1.52. The summed E-state index contributed by atoms with van der Waals surface area (Å²) in [5.41, 5.74) is 6.54. The average Bonchev–Trinajstić information content (AvgIpc) is 2.83. The zero-order valence-corrected chi connectivity index (χ0v) is 24.5. The number of thiol groups is 1. The van der Waals surface area contributed by atoms with E-state index >= 15 is 0 Å². The van der Waals surface area contributed by atoms with Crippen molar-refractivity contribution in [1.82, 2.24) is 0 Å². The molecular weight excluding hydrogens is 472 g/mol. The number of hydrogen-bond acceptors (Lipinski definition) is 2. The van der Waals surface area contributed by atoms with Gasteiger partial charge in [0.1, 0.15) is 23.0 Å². The van der Waals surface area contributed by atoms with Crippen LogP contribution < -0.4 is 9.47 Å². The van der Waals surface area contributed by atoms with E-state index in [1.165, 1.54) is 62.6 Å². The van der Waals surface area contributed by atoms with E-state index in [-0.39, 0.29) is 21.7 Å². The zero-order valence-electron chi connectivity index (χ0n) is 23.6. The van der Waals surface area contributed by atoms with Gasteiger partial charge in [-0.25, -0.2) is 0 Å². The first-order valence-electron chi connectivity index (χ1n) is 14.0. The molecule has 3 aromatic carbocycles. The third-order valence-electron chi connectivity index (χ3n) is 9.97. The normalized spacial score (nSPS) is 23.3. The van der Waals surface area contributed by atoms with Gasteiger partial charge in [-0.3, -0.25) is 0 Å². The summed E-state index contributed by atoms with van der Waals surface area (Å²) >= 11 is 0. The molecule has 37 heavy (non-hydrogen) atoms. The first kappa shape index (κ1) is 23.7. The van der Waals surface area contributed by atoms with Crippen molar-refractivity contribution < 1.29 is 9.47 Å². The Kier molecular flexibility index (Phi) is 4.59. The quantitative estimate of drug-likeness (QED) is 0.208. The van der Waals surface area contributed by atoms with E-state index in [0.29, 0.717) is 0 Å². The number of rotatable bonds is 0. The van der Waals surface area contributed by atoms with Crippen LogP contribution in [0.25, 0.3) is 0 Å². The second kappa shape index (κ2) is 7.17. The smallest absolute Gasteiger partial charge is 0.143 e. The number of benzene rings is 3. The van der Waals surface area contributed by atoms with Crippen LogP contribution in [0.15, 0.2) is 57.2 Å². The van der Waals surface area contributed by atoms with Gasteiger partial charge in [-0.2, -0.15) is 10.9 Å². The van der Waals surface area contributed by atoms with Crippen LogP contribution in [0.5, 0.6) is 23.0 Å². The van der Waals surface area contributed by atoms with Gasteiger partial charge >= 0.3 is 0 Å². The average molecular weight is 513 g/mol. The van der Waals surface area contributed by atoms with Crippen LogP contribution in [-0.2, 0) is 21.7 Å². The Morgan fingerprint density at radius 3 is 1.24 bits per heavy atom. The molecule has 0 aromatic heterocycles. The highest BCUT2D eigenvalue weighted by molar-refractivity contribution is 8.17. The van der Waals surface area contributed by atoms with Gasteiger partial charge < -0.3 is 9.47 Å².